The lowest BCUT2D eigenvalue weighted by atomic mass is 10.0. The Balaban J connectivity index is 2.64. The Morgan fingerprint density at radius 1 is 1.31 bits per heavy atom. The van der Waals surface area contributed by atoms with E-state index in [9.17, 15) is 4.39 Å². The number of nitrogens with one attached hydrogen (secondary N) is 1. The van der Waals surface area contributed by atoms with E-state index in [1.807, 2.05) is 0 Å². The number of aliphatic hydroxyl groups excluding tert-OH is 2. The molecule has 0 aromatic heterocycles. The second-order valence-electron chi connectivity index (χ2n) is 4.02. The molecule has 4 nitrogen and oxygen atoms in total. The van der Waals surface area contributed by atoms with Gasteiger partial charge in [0.15, 0.2) is 11.6 Å². The fourth-order valence-corrected chi connectivity index (χ4v) is 1.14. The average Bonchev–Trinajstić information content (AvgIpc) is 2.30. The van der Waals surface area contributed by atoms with Crippen LogP contribution < -0.4 is 5.32 Å². The van der Waals surface area contributed by atoms with Gasteiger partial charge in [0.2, 0.25) is 0 Å². The predicted molar refractivity (Wildman–Crippen MR) is 57.5 cm³/mol. The van der Waals surface area contributed by atoms with Gasteiger partial charge in [-0.1, -0.05) is 6.07 Å². The van der Waals surface area contributed by atoms with Crippen LogP contribution in [0.2, 0.25) is 0 Å². The van der Waals surface area contributed by atoms with E-state index in [2.05, 4.69) is 5.32 Å². The van der Waals surface area contributed by atoms with Crippen molar-refractivity contribution in [3.63, 3.8) is 0 Å². The van der Waals surface area contributed by atoms with Crippen molar-refractivity contribution >= 4 is 0 Å². The maximum Gasteiger partial charge on any atom is 0.165 e. The van der Waals surface area contributed by atoms with Crippen molar-refractivity contribution in [2.24, 2.45) is 0 Å². The summed E-state index contributed by atoms with van der Waals surface area (Å²) < 4.78 is 13.0. The number of phenolic OH excluding ortho intramolecular Hbond substituents is 1. The molecule has 1 aromatic carbocycles. The molecule has 0 fully saturated rings. The van der Waals surface area contributed by atoms with Gasteiger partial charge in [0.05, 0.1) is 18.8 Å². The summed E-state index contributed by atoms with van der Waals surface area (Å²) >= 11 is 0. The Bertz CT molecular complexity index is 353. The fraction of sp³-hybridized carbons (Fsp3) is 0.455. The second kappa shape index (κ2) is 5.25. The summed E-state index contributed by atoms with van der Waals surface area (Å²) in [4.78, 5) is 0. The number of benzene rings is 1. The molecule has 90 valence electrons. The molecule has 1 aromatic rings. The molecule has 1 rings (SSSR count). The van der Waals surface area contributed by atoms with E-state index in [1.165, 1.54) is 12.1 Å². The van der Waals surface area contributed by atoms with Crippen molar-refractivity contribution in [1.29, 1.82) is 0 Å². The van der Waals surface area contributed by atoms with Crippen molar-refractivity contribution in [2.75, 3.05) is 13.2 Å². The van der Waals surface area contributed by atoms with Gasteiger partial charge in [0.25, 0.3) is 0 Å². The third-order valence-electron chi connectivity index (χ3n) is 2.43. The van der Waals surface area contributed by atoms with Gasteiger partial charge >= 0.3 is 0 Å². The molecule has 0 aliphatic carbocycles. The predicted octanol–water partition coefficient (Wildman–Crippen LogP) is 0.364. The van der Waals surface area contributed by atoms with Gasteiger partial charge in [0.1, 0.15) is 0 Å². The molecule has 0 aliphatic heterocycles. The van der Waals surface area contributed by atoms with Gasteiger partial charge in [0, 0.05) is 6.54 Å². The van der Waals surface area contributed by atoms with Crippen molar-refractivity contribution in [3.8, 4) is 5.75 Å². The van der Waals surface area contributed by atoms with Crippen LogP contribution in [0.5, 0.6) is 5.75 Å². The lowest BCUT2D eigenvalue weighted by Crippen LogP contribution is -2.48. The fourth-order valence-electron chi connectivity index (χ4n) is 1.14. The summed E-state index contributed by atoms with van der Waals surface area (Å²) in [6.07, 6.45) is 0. The van der Waals surface area contributed by atoms with E-state index < -0.39 is 17.1 Å². The first-order valence-electron chi connectivity index (χ1n) is 4.95. The Labute approximate surface area is 93.4 Å². The Kier molecular flexibility index (Phi) is 4.23. The zero-order valence-electron chi connectivity index (χ0n) is 9.07. The molecule has 16 heavy (non-hydrogen) atoms. The standard InChI is InChI=1S/C11H16FNO3/c1-11(6-14,7-15)13-5-8-2-3-10(16)9(12)4-8/h2-4,13-16H,5-7H2,1H3. The molecule has 0 saturated heterocycles. The molecule has 0 spiro atoms. The lowest BCUT2D eigenvalue weighted by Gasteiger charge is -2.26. The van der Waals surface area contributed by atoms with Crippen molar-refractivity contribution < 1.29 is 19.7 Å². The van der Waals surface area contributed by atoms with Gasteiger partial charge in [-0.15, -0.1) is 0 Å². The summed E-state index contributed by atoms with van der Waals surface area (Å²) in [7, 11) is 0. The molecule has 0 saturated carbocycles. The average molecular weight is 229 g/mol. The van der Waals surface area contributed by atoms with Crippen LogP contribution in [0.3, 0.4) is 0 Å². The van der Waals surface area contributed by atoms with Gasteiger partial charge in [-0.25, -0.2) is 4.39 Å². The van der Waals surface area contributed by atoms with Gasteiger partial charge < -0.3 is 20.6 Å². The van der Waals surface area contributed by atoms with E-state index >= 15 is 0 Å². The minimum absolute atomic E-state index is 0.218. The SMILES string of the molecule is CC(CO)(CO)NCc1ccc(O)c(F)c1. The molecular weight excluding hydrogens is 213 g/mol. The maximum atomic E-state index is 13.0. The Morgan fingerprint density at radius 3 is 2.44 bits per heavy atom. The Hall–Kier alpha value is -1.17. The third kappa shape index (κ3) is 3.16. The number of aromatic hydroxyl groups is 1. The molecule has 4 N–H and O–H groups in total. The molecule has 5 heteroatoms. The third-order valence-corrected chi connectivity index (χ3v) is 2.43. The number of hydrogen-bond acceptors (Lipinski definition) is 4. The number of phenols is 1. The van der Waals surface area contributed by atoms with Crippen LogP contribution in [-0.4, -0.2) is 34.1 Å². The summed E-state index contributed by atoms with van der Waals surface area (Å²) in [6.45, 7) is 1.52. The normalized spacial score (nSPS) is 11.8. The number of rotatable bonds is 5. The van der Waals surface area contributed by atoms with Gasteiger partial charge in [-0.2, -0.15) is 0 Å². The highest BCUT2D eigenvalue weighted by molar-refractivity contribution is 5.28. The van der Waals surface area contributed by atoms with Gasteiger partial charge in [-0.05, 0) is 24.6 Å². The summed E-state index contributed by atoms with van der Waals surface area (Å²) in [5, 5.41) is 29.9. The summed E-state index contributed by atoms with van der Waals surface area (Å²) in [5.74, 6) is -1.08. The summed E-state index contributed by atoms with van der Waals surface area (Å²) in [6, 6.07) is 4.04. The minimum Gasteiger partial charge on any atom is -0.505 e. The maximum absolute atomic E-state index is 13.0. The topological polar surface area (TPSA) is 72.7 Å². The van der Waals surface area contributed by atoms with Crippen LogP contribution in [0.15, 0.2) is 18.2 Å². The number of aliphatic hydroxyl groups is 2. The highest BCUT2D eigenvalue weighted by Crippen LogP contribution is 2.16. The molecule has 0 aliphatic rings. The zero-order valence-corrected chi connectivity index (χ0v) is 9.07. The monoisotopic (exact) mass is 229 g/mol. The van der Waals surface area contributed by atoms with Crippen molar-refractivity contribution in [2.45, 2.75) is 19.0 Å². The van der Waals surface area contributed by atoms with Crippen LogP contribution in [0.25, 0.3) is 0 Å². The molecule has 0 radical (unpaired) electrons. The molecule has 0 heterocycles. The van der Waals surface area contributed by atoms with Crippen LogP contribution in [0.1, 0.15) is 12.5 Å². The Morgan fingerprint density at radius 2 is 1.94 bits per heavy atom. The molecule has 0 atom stereocenters. The smallest absolute Gasteiger partial charge is 0.165 e. The van der Waals surface area contributed by atoms with Crippen LogP contribution >= 0.6 is 0 Å². The van der Waals surface area contributed by atoms with E-state index in [1.54, 1.807) is 13.0 Å². The first kappa shape index (κ1) is 12.9. The van der Waals surface area contributed by atoms with Crippen LogP contribution in [0.4, 0.5) is 4.39 Å². The molecule has 0 amide bonds. The van der Waals surface area contributed by atoms with Crippen LogP contribution in [-0.2, 0) is 6.54 Å². The lowest BCUT2D eigenvalue weighted by molar-refractivity contribution is 0.103. The minimum atomic E-state index is -0.797. The molecular formula is C11H16FNO3. The highest BCUT2D eigenvalue weighted by atomic mass is 19.1. The van der Waals surface area contributed by atoms with E-state index in [4.69, 9.17) is 15.3 Å². The number of halogens is 1. The highest BCUT2D eigenvalue weighted by Gasteiger charge is 2.21. The second-order valence-corrected chi connectivity index (χ2v) is 4.02. The van der Waals surface area contributed by atoms with Crippen molar-refractivity contribution in [3.05, 3.63) is 29.6 Å². The first-order valence-corrected chi connectivity index (χ1v) is 4.95. The van der Waals surface area contributed by atoms with Crippen molar-refractivity contribution in [1.82, 2.24) is 5.32 Å². The summed E-state index contributed by atoms with van der Waals surface area (Å²) in [5.41, 5.74) is -0.169. The number of hydrogen-bond donors (Lipinski definition) is 4. The largest absolute Gasteiger partial charge is 0.505 e. The zero-order chi connectivity index (χ0) is 12.2. The van der Waals surface area contributed by atoms with Gasteiger partial charge in [-0.3, -0.25) is 0 Å². The molecule has 0 unspecified atom stereocenters. The first-order chi connectivity index (χ1) is 7.50. The van der Waals surface area contributed by atoms with E-state index in [-0.39, 0.29) is 13.2 Å². The van der Waals surface area contributed by atoms with Crippen LogP contribution in [0, 0.1) is 5.82 Å². The van der Waals surface area contributed by atoms with E-state index in [0.29, 0.717) is 12.1 Å². The molecule has 0 bridgehead atoms. The quantitative estimate of drug-likeness (QED) is 0.588. The van der Waals surface area contributed by atoms with E-state index in [0.717, 1.165) is 0 Å².